The molecule has 4 rings (SSSR count). The molecular formula is C52H68N2O8. The molecule has 0 saturated heterocycles. The van der Waals surface area contributed by atoms with E-state index in [1.165, 1.54) is 51.4 Å². The lowest BCUT2D eigenvalue weighted by molar-refractivity contribution is -0.117. The molecule has 0 radical (unpaired) electrons. The molecule has 0 fully saturated rings. The summed E-state index contributed by atoms with van der Waals surface area (Å²) in [5.41, 5.74) is 2.15. The lowest BCUT2D eigenvalue weighted by Gasteiger charge is -2.09. The van der Waals surface area contributed by atoms with E-state index >= 15 is 0 Å². The molecule has 0 bridgehead atoms. The Hall–Kier alpha value is -5.64. The lowest BCUT2D eigenvalue weighted by atomic mass is 10.1. The fraction of sp³-hybridized carbons (Fsp3) is 0.462. The number of hydrogen-bond acceptors (Lipinski definition) is 8. The molecule has 0 aliphatic heterocycles. The Kier molecular flexibility index (Phi) is 23.4. The molecule has 334 valence electrons. The highest BCUT2D eigenvalue weighted by molar-refractivity contribution is 5.93. The van der Waals surface area contributed by atoms with Gasteiger partial charge in [-0.2, -0.15) is 0 Å². The molecule has 10 heteroatoms. The highest BCUT2D eigenvalue weighted by Crippen LogP contribution is 2.22. The Morgan fingerprint density at radius 2 is 0.677 bits per heavy atom. The molecule has 0 aromatic heterocycles. The molecule has 0 saturated carbocycles. The van der Waals surface area contributed by atoms with Crippen molar-refractivity contribution in [1.82, 2.24) is 0 Å². The largest absolute Gasteiger partial charge is 0.494 e. The Morgan fingerprint density at radius 3 is 1.03 bits per heavy atom. The molecule has 0 spiro atoms. The summed E-state index contributed by atoms with van der Waals surface area (Å²) in [4.78, 5) is 50.3. The smallest absolute Gasteiger partial charge is 0.343 e. The van der Waals surface area contributed by atoms with Crippen LogP contribution in [0.1, 0.15) is 163 Å². The van der Waals surface area contributed by atoms with Crippen LogP contribution in [0.3, 0.4) is 0 Å². The Labute approximate surface area is 369 Å². The maximum atomic E-state index is 12.6. The van der Waals surface area contributed by atoms with Crippen LogP contribution in [0.2, 0.25) is 0 Å². The first-order valence-electron chi connectivity index (χ1n) is 23.0. The van der Waals surface area contributed by atoms with E-state index in [0.717, 1.165) is 75.7 Å². The van der Waals surface area contributed by atoms with Crippen LogP contribution in [-0.2, 0) is 9.59 Å². The minimum Gasteiger partial charge on any atom is -0.494 e. The number of benzene rings is 4. The SMILES string of the molecule is CCCCCCCCOc1ccc(C(=O)Oc2ccc(NC(=O)CCCCCCCCC(=O)Nc3ccc(OC(=O)c4ccc(OCCCCCCCC)cc4)cc3)cc2)cc1. The van der Waals surface area contributed by atoms with Crippen LogP contribution >= 0.6 is 0 Å². The van der Waals surface area contributed by atoms with Crippen LogP contribution < -0.4 is 29.6 Å². The van der Waals surface area contributed by atoms with Gasteiger partial charge in [0.05, 0.1) is 24.3 Å². The molecule has 0 aliphatic rings. The summed E-state index contributed by atoms with van der Waals surface area (Å²) < 4.78 is 22.6. The molecule has 0 atom stereocenters. The van der Waals surface area contributed by atoms with Gasteiger partial charge in [0.1, 0.15) is 23.0 Å². The number of carbonyl (C=O) groups excluding carboxylic acids is 4. The van der Waals surface area contributed by atoms with Crippen molar-refractivity contribution < 1.29 is 38.1 Å². The van der Waals surface area contributed by atoms with Crippen LogP contribution in [0.15, 0.2) is 97.1 Å². The van der Waals surface area contributed by atoms with Crippen molar-refractivity contribution in [2.45, 2.75) is 142 Å². The van der Waals surface area contributed by atoms with Crippen molar-refractivity contribution in [2.75, 3.05) is 23.8 Å². The van der Waals surface area contributed by atoms with Gasteiger partial charge >= 0.3 is 11.9 Å². The second-order valence-electron chi connectivity index (χ2n) is 15.8. The van der Waals surface area contributed by atoms with E-state index in [4.69, 9.17) is 18.9 Å². The highest BCUT2D eigenvalue weighted by Gasteiger charge is 2.12. The Morgan fingerprint density at radius 1 is 0.371 bits per heavy atom. The first-order chi connectivity index (χ1) is 30.3. The molecule has 10 nitrogen and oxygen atoms in total. The first-order valence-corrected chi connectivity index (χ1v) is 23.0. The van der Waals surface area contributed by atoms with Crippen LogP contribution in [0, 0.1) is 0 Å². The van der Waals surface area contributed by atoms with Gasteiger partial charge in [-0.05, 0) is 123 Å². The first kappa shape index (κ1) is 49.0. The van der Waals surface area contributed by atoms with Crippen molar-refractivity contribution in [3.05, 3.63) is 108 Å². The third-order valence-electron chi connectivity index (χ3n) is 10.5. The average molecular weight is 849 g/mol. The van der Waals surface area contributed by atoms with Gasteiger partial charge in [0.2, 0.25) is 11.8 Å². The number of rotatable bonds is 31. The molecule has 4 aromatic rings. The average Bonchev–Trinajstić information content (AvgIpc) is 3.28. The van der Waals surface area contributed by atoms with E-state index < -0.39 is 11.9 Å². The van der Waals surface area contributed by atoms with Gasteiger partial charge in [0.15, 0.2) is 0 Å². The maximum absolute atomic E-state index is 12.6. The number of unbranched alkanes of at least 4 members (excludes halogenated alkanes) is 15. The zero-order valence-electron chi connectivity index (χ0n) is 37.1. The van der Waals surface area contributed by atoms with Crippen molar-refractivity contribution in [2.24, 2.45) is 0 Å². The third-order valence-corrected chi connectivity index (χ3v) is 10.5. The quantitative estimate of drug-likeness (QED) is 0.0291. The fourth-order valence-corrected chi connectivity index (χ4v) is 6.79. The van der Waals surface area contributed by atoms with Gasteiger partial charge in [-0.1, -0.05) is 104 Å². The van der Waals surface area contributed by atoms with E-state index in [1.807, 2.05) is 0 Å². The molecule has 4 aromatic carbocycles. The van der Waals surface area contributed by atoms with Crippen molar-refractivity contribution in [3.63, 3.8) is 0 Å². The Bertz CT molecular complexity index is 1740. The molecule has 0 heterocycles. The maximum Gasteiger partial charge on any atom is 0.343 e. The summed E-state index contributed by atoms with van der Waals surface area (Å²) in [7, 11) is 0. The summed E-state index contributed by atoms with van der Waals surface area (Å²) in [6.07, 6.45) is 20.7. The van der Waals surface area contributed by atoms with Gasteiger partial charge in [-0.15, -0.1) is 0 Å². The Balaban J connectivity index is 0.998. The zero-order valence-corrected chi connectivity index (χ0v) is 37.1. The second kappa shape index (κ2) is 29.6. The van der Waals surface area contributed by atoms with Gasteiger partial charge in [0.25, 0.3) is 0 Å². The number of anilines is 2. The van der Waals surface area contributed by atoms with Crippen LogP contribution in [0.4, 0.5) is 11.4 Å². The summed E-state index contributed by atoms with van der Waals surface area (Å²) in [6.45, 7) is 5.76. The van der Waals surface area contributed by atoms with E-state index in [2.05, 4.69) is 24.5 Å². The minimum atomic E-state index is -0.459. The summed E-state index contributed by atoms with van der Waals surface area (Å²) >= 11 is 0. The van der Waals surface area contributed by atoms with E-state index in [0.29, 0.717) is 60.1 Å². The molecule has 0 aliphatic carbocycles. The van der Waals surface area contributed by atoms with Crippen LogP contribution in [-0.4, -0.2) is 37.0 Å². The number of hydrogen-bond donors (Lipinski definition) is 2. The van der Waals surface area contributed by atoms with Gasteiger partial charge in [0, 0.05) is 24.2 Å². The third kappa shape index (κ3) is 20.3. The van der Waals surface area contributed by atoms with E-state index in [-0.39, 0.29) is 11.8 Å². The van der Waals surface area contributed by atoms with Crippen LogP contribution in [0.25, 0.3) is 0 Å². The van der Waals surface area contributed by atoms with Gasteiger partial charge in [-0.3, -0.25) is 9.59 Å². The van der Waals surface area contributed by atoms with Gasteiger partial charge in [-0.25, -0.2) is 9.59 Å². The molecule has 62 heavy (non-hydrogen) atoms. The lowest BCUT2D eigenvalue weighted by Crippen LogP contribution is -2.11. The van der Waals surface area contributed by atoms with Crippen molar-refractivity contribution in [1.29, 1.82) is 0 Å². The van der Waals surface area contributed by atoms with Crippen LogP contribution in [0.5, 0.6) is 23.0 Å². The second-order valence-corrected chi connectivity index (χ2v) is 15.8. The molecular weight excluding hydrogens is 781 g/mol. The number of esters is 2. The summed E-state index contributed by atoms with van der Waals surface area (Å²) in [5.74, 6) is 1.21. The number of amides is 2. The van der Waals surface area contributed by atoms with E-state index in [1.54, 1.807) is 97.1 Å². The standard InChI is InChI=1S/C52H68N2O8/c1-3-5-7-9-15-19-39-59-45-31-23-41(24-32-45)51(57)61-47-35-27-43(28-36-47)53-49(55)21-17-13-11-12-14-18-22-50(56)54-44-29-37-48(38-30-44)62-52(58)42-25-33-46(34-26-42)60-40-20-16-10-8-6-4-2/h23-38H,3-22,39-40H2,1-2H3,(H,53,55)(H,54,56). The zero-order chi connectivity index (χ0) is 44.0. The fourth-order valence-electron chi connectivity index (χ4n) is 6.79. The normalized spacial score (nSPS) is 10.8. The number of ether oxygens (including phenoxy) is 4. The van der Waals surface area contributed by atoms with Gasteiger partial charge < -0.3 is 29.6 Å². The number of nitrogens with one attached hydrogen (secondary N) is 2. The predicted octanol–water partition coefficient (Wildman–Crippen LogP) is 13.3. The molecule has 0 unspecified atom stereocenters. The number of carbonyl (C=O) groups is 4. The minimum absolute atomic E-state index is 0.0640. The summed E-state index contributed by atoms with van der Waals surface area (Å²) in [5, 5.41) is 5.81. The monoisotopic (exact) mass is 848 g/mol. The predicted molar refractivity (Wildman–Crippen MR) is 248 cm³/mol. The van der Waals surface area contributed by atoms with E-state index in [9.17, 15) is 19.2 Å². The molecule has 2 amide bonds. The van der Waals surface area contributed by atoms with Crippen molar-refractivity contribution >= 4 is 35.1 Å². The highest BCUT2D eigenvalue weighted by atomic mass is 16.5. The molecule has 2 N–H and O–H groups in total. The topological polar surface area (TPSA) is 129 Å². The van der Waals surface area contributed by atoms with Crippen molar-refractivity contribution in [3.8, 4) is 23.0 Å². The summed E-state index contributed by atoms with van der Waals surface area (Å²) in [6, 6.07) is 27.5.